The molecule has 1 aromatic carbocycles. The number of carbonyl (C=O) groups excluding carboxylic acids is 1. The number of halogens is 1. The number of nitrogens with one attached hydrogen (secondary N) is 1. The summed E-state index contributed by atoms with van der Waals surface area (Å²) in [6.07, 6.45) is 1.55. The molecule has 0 aliphatic carbocycles. The van der Waals surface area contributed by atoms with Gasteiger partial charge < -0.3 is 10.1 Å². The molecule has 0 radical (unpaired) electrons. The fourth-order valence-electron chi connectivity index (χ4n) is 1.34. The highest BCUT2D eigenvalue weighted by Gasteiger charge is 2.06. The third kappa shape index (κ3) is 3.46. The average molecular weight is 263 g/mol. The molecule has 4 nitrogen and oxygen atoms in total. The van der Waals surface area contributed by atoms with Crippen LogP contribution in [0.1, 0.15) is 0 Å². The van der Waals surface area contributed by atoms with E-state index in [1.165, 1.54) is 0 Å². The molecule has 5 heteroatoms. The minimum Gasteiger partial charge on any atom is -0.481 e. The maximum absolute atomic E-state index is 11.6. The second kappa shape index (κ2) is 6.02. The smallest absolute Gasteiger partial charge is 0.262 e. The molecular formula is C13H11ClN2O2. The van der Waals surface area contributed by atoms with E-state index in [4.69, 9.17) is 16.3 Å². The van der Waals surface area contributed by atoms with Crippen molar-refractivity contribution in [3.63, 3.8) is 0 Å². The largest absolute Gasteiger partial charge is 0.481 e. The normalized spacial score (nSPS) is 9.83. The second-order valence-corrected chi connectivity index (χ2v) is 3.85. The molecule has 0 bridgehead atoms. The first-order valence-electron chi connectivity index (χ1n) is 5.34. The molecular weight excluding hydrogens is 252 g/mol. The molecule has 0 unspecified atom stereocenters. The fourth-order valence-corrected chi connectivity index (χ4v) is 1.51. The van der Waals surface area contributed by atoms with Gasteiger partial charge in [0.15, 0.2) is 17.5 Å². The Hall–Kier alpha value is -2.07. The first-order chi connectivity index (χ1) is 8.75. The van der Waals surface area contributed by atoms with Crippen LogP contribution in [0.4, 0.5) is 5.69 Å². The first-order valence-corrected chi connectivity index (χ1v) is 5.72. The van der Waals surface area contributed by atoms with Crippen molar-refractivity contribution in [3.05, 3.63) is 53.8 Å². The average Bonchev–Trinajstić information content (AvgIpc) is 2.39. The fraction of sp³-hybridized carbons (Fsp3) is 0.0769. The summed E-state index contributed by atoms with van der Waals surface area (Å²) in [6.45, 7) is -0.111. The van der Waals surface area contributed by atoms with Crippen LogP contribution in [0, 0.1) is 0 Å². The molecule has 0 saturated carbocycles. The Balaban J connectivity index is 1.88. The van der Waals surface area contributed by atoms with Gasteiger partial charge in [-0.3, -0.25) is 4.79 Å². The highest BCUT2D eigenvalue weighted by molar-refractivity contribution is 6.30. The SMILES string of the molecule is O=C(COc1cccnc1Cl)Nc1ccccc1. The third-order valence-corrected chi connectivity index (χ3v) is 2.43. The van der Waals surface area contributed by atoms with Crippen LogP contribution in [-0.4, -0.2) is 17.5 Å². The number of ether oxygens (including phenoxy) is 1. The summed E-state index contributed by atoms with van der Waals surface area (Å²) in [6, 6.07) is 12.5. The number of hydrogen-bond donors (Lipinski definition) is 1. The highest BCUT2D eigenvalue weighted by atomic mass is 35.5. The molecule has 2 rings (SSSR count). The quantitative estimate of drug-likeness (QED) is 0.862. The van der Waals surface area contributed by atoms with Gasteiger partial charge in [-0.2, -0.15) is 0 Å². The van der Waals surface area contributed by atoms with Crippen LogP contribution in [0.3, 0.4) is 0 Å². The number of aromatic nitrogens is 1. The second-order valence-electron chi connectivity index (χ2n) is 3.50. The number of pyridine rings is 1. The number of nitrogens with zero attached hydrogens (tertiary/aromatic N) is 1. The Labute approximate surface area is 110 Å². The van der Waals surface area contributed by atoms with E-state index in [0.29, 0.717) is 5.75 Å². The van der Waals surface area contributed by atoms with E-state index in [0.717, 1.165) is 5.69 Å². The van der Waals surface area contributed by atoms with Gasteiger partial charge in [-0.1, -0.05) is 29.8 Å². The number of amides is 1. The summed E-state index contributed by atoms with van der Waals surface area (Å²) in [4.78, 5) is 15.4. The Bertz CT molecular complexity index is 532. The Morgan fingerprint density at radius 1 is 1.22 bits per heavy atom. The number of benzene rings is 1. The lowest BCUT2D eigenvalue weighted by Crippen LogP contribution is -2.20. The molecule has 0 aliphatic heterocycles. The van der Waals surface area contributed by atoms with Crippen molar-refractivity contribution >= 4 is 23.2 Å². The van der Waals surface area contributed by atoms with E-state index in [9.17, 15) is 4.79 Å². The maximum atomic E-state index is 11.6. The molecule has 18 heavy (non-hydrogen) atoms. The maximum Gasteiger partial charge on any atom is 0.262 e. The van der Waals surface area contributed by atoms with Gasteiger partial charge in [0.1, 0.15) is 0 Å². The van der Waals surface area contributed by atoms with Gasteiger partial charge in [0.2, 0.25) is 0 Å². The van der Waals surface area contributed by atoms with E-state index in [-0.39, 0.29) is 17.7 Å². The van der Waals surface area contributed by atoms with E-state index >= 15 is 0 Å². The van der Waals surface area contributed by atoms with Gasteiger partial charge in [0.25, 0.3) is 5.91 Å². The van der Waals surface area contributed by atoms with Crippen LogP contribution in [0.25, 0.3) is 0 Å². The van der Waals surface area contributed by atoms with Gasteiger partial charge in [-0.05, 0) is 24.3 Å². The van der Waals surface area contributed by atoms with Gasteiger partial charge >= 0.3 is 0 Å². The van der Waals surface area contributed by atoms with E-state index in [1.54, 1.807) is 30.5 Å². The summed E-state index contributed by atoms with van der Waals surface area (Å²) in [5.74, 6) is 0.142. The zero-order chi connectivity index (χ0) is 12.8. The predicted molar refractivity (Wildman–Crippen MR) is 69.8 cm³/mol. The molecule has 92 valence electrons. The molecule has 0 aliphatic rings. The zero-order valence-corrected chi connectivity index (χ0v) is 10.2. The minimum atomic E-state index is -0.249. The van der Waals surface area contributed by atoms with Crippen molar-refractivity contribution in [3.8, 4) is 5.75 Å². The van der Waals surface area contributed by atoms with Gasteiger partial charge in [-0.15, -0.1) is 0 Å². The lowest BCUT2D eigenvalue weighted by atomic mass is 10.3. The van der Waals surface area contributed by atoms with Crippen LogP contribution in [0.5, 0.6) is 5.75 Å². The summed E-state index contributed by atoms with van der Waals surface area (Å²) in [7, 11) is 0. The van der Waals surface area contributed by atoms with Crippen molar-refractivity contribution in [1.82, 2.24) is 4.98 Å². The number of rotatable bonds is 4. The monoisotopic (exact) mass is 262 g/mol. The Morgan fingerprint density at radius 3 is 2.72 bits per heavy atom. The van der Waals surface area contributed by atoms with Gasteiger partial charge in [-0.25, -0.2) is 4.98 Å². The zero-order valence-electron chi connectivity index (χ0n) is 9.47. The Morgan fingerprint density at radius 2 is 2.00 bits per heavy atom. The lowest BCUT2D eigenvalue weighted by Gasteiger charge is -2.07. The van der Waals surface area contributed by atoms with E-state index in [2.05, 4.69) is 10.3 Å². The summed E-state index contributed by atoms with van der Waals surface area (Å²) < 4.78 is 5.26. The minimum absolute atomic E-state index is 0.111. The van der Waals surface area contributed by atoms with Crippen LogP contribution in [0.2, 0.25) is 5.15 Å². The molecule has 1 N–H and O–H groups in total. The van der Waals surface area contributed by atoms with Crippen molar-refractivity contribution in [2.75, 3.05) is 11.9 Å². The third-order valence-electron chi connectivity index (χ3n) is 2.14. The van der Waals surface area contributed by atoms with E-state index < -0.39 is 0 Å². The molecule has 1 aromatic heterocycles. The van der Waals surface area contributed by atoms with Gasteiger partial charge in [0.05, 0.1) is 0 Å². The molecule has 0 spiro atoms. The molecule has 0 atom stereocenters. The van der Waals surface area contributed by atoms with Crippen molar-refractivity contribution in [1.29, 1.82) is 0 Å². The van der Waals surface area contributed by atoms with E-state index in [1.807, 2.05) is 18.2 Å². The lowest BCUT2D eigenvalue weighted by molar-refractivity contribution is -0.118. The van der Waals surface area contributed by atoms with Crippen molar-refractivity contribution in [2.45, 2.75) is 0 Å². The standard InChI is InChI=1S/C13H11ClN2O2/c14-13-11(7-4-8-15-13)18-9-12(17)16-10-5-2-1-3-6-10/h1-8H,9H2,(H,16,17). The molecule has 1 amide bonds. The van der Waals surface area contributed by atoms with Crippen molar-refractivity contribution < 1.29 is 9.53 Å². The van der Waals surface area contributed by atoms with Crippen LogP contribution in [-0.2, 0) is 4.79 Å². The van der Waals surface area contributed by atoms with Crippen LogP contribution >= 0.6 is 11.6 Å². The number of para-hydroxylation sites is 1. The highest BCUT2D eigenvalue weighted by Crippen LogP contribution is 2.20. The van der Waals surface area contributed by atoms with Crippen LogP contribution < -0.4 is 10.1 Å². The molecule has 0 fully saturated rings. The molecule has 1 heterocycles. The summed E-state index contributed by atoms with van der Waals surface area (Å²) in [5, 5.41) is 2.94. The molecule has 0 saturated heterocycles. The van der Waals surface area contributed by atoms with Gasteiger partial charge in [0, 0.05) is 11.9 Å². The topological polar surface area (TPSA) is 51.2 Å². The van der Waals surface area contributed by atoms with Crippen LogP contribution in [0.15, 0.2) is 48.7 Å². The molecule has 2 aromatic rings. The number of hydrogen-bond acceptors (Lipinski definition) is 3. The Kier molecular flexibility index (Phi) is 4.15. The van der Waals surface area contributed by atoms with Crippen molar-refractivity contribution in [2.24, 2.45) is 0 Å². The predicted octanol–water partition coefficient (Wildman–Crippen LogP) is 2.75. The number of carbonyl (C=O) groups is 1. The first kappa shape index (κ1) is 12.4. The number of anilines is 1. The summed E-state index contributed by atoms with van der Waals surface area (Å²) >= 11 is 5.80. The summed E-state index contributed by atoms with van der Waals surface area (Å²) in [5.41, 5.74) is 0.725.